The van der Waals surface area contributed by atoms with Crippen LogP contribution in [-0.4, -0.2) is 12.5 Å². The highest BCUT2D eigenvalue weighted by Crippen LogP contribution is 2.13. The Labute approximate surface area is 152 Å². The third kappa shape index (κ3) is 5.19. The minimum atomic E-state index is -0.973. The molecule has 2 N–H and O–H groups in total. The minimum Gasteiger partial charge on any atom is -0.321 e. The van der Waals surface area contributed by atoms with Gasteiger partial charge in [0, 0.05) is 11.8 Å². The molecule has 3 nitrogen and oxygen atoms in total. The summed E-state index contributed by atoms with van der Waals surface area (Å²) < 4.78 is 26.2. The van der Waals surface area contributed by atoms with Gasteiger partial charge in [-0.1, -0.05) is 12.1 Å². The molecule has 0 atom stereocenters. The first-order valence-electron chi connectivity index (χ1n) is 7.73. The van der Waals surface area contributed by atoms with Crippen LogP contribution in [0.5, 0.6) is 0 Å². The molecule has 2 heterocycles. The SMILES string of the molecule is O=C(C[NH+](Cc1cccs1)Cc1cccs1)Nc1ccc(F)c(F)c1. The van der Waals surface area contributed by atoms with E-state index in [-0.39, 0.29) is 18.1 Å². The molecule has 25 heavy (non-hydrogen) atoms. The maximum Gasteiger partial charge on any atom is 0.279 e. The lowest BCUT2D eigenvalue weighted by Gasteiger charge is -2.18. The molecule has 0 bridgehead atoms. The molecule has 1 aromatic carbocycles. The second-order valence-corrected chi connectivity index (χ2v) is 7.68. The number of carbonyl (C=O) groups excluding carboxylic acids is 1. The minimum absolute atomic E-state index is 0.228. The van der Waals surface area contributed by atoms with Crippen LogP contribution in [0.4, 0.5) is 14.5 Å². The molecular formula is C18H17F2N2OS2+. The fourth-order valence-corrected chi connectivity index (χ4v) is 4.07. The molecule has 0 radical (unpaired) electrons. The second-order valence-electron chi connectivity index (χ2n) is 5.62. The molecule has 1 amide bonds. The van der Waals surface area contributed by atoms with Crippen molar-refractivity contribution in [3.63, 3.8) is 0 Å². The number of quaternary nitrogens is 1. The molecule has 0 unspecified atom stereocenters. The Balaban J connectivity index is 1.65. The quantitative estimate of drug-likeness (QED) is 0.649. The molecule has 3 aromatic rings. The molecular weight excluding hydrogens is 362 g/mol. The van der Waals surface area contributed by atoms with Crippen LogP contribution in [0.25, 0.3) is 0 Å². The van der Waals surface area contributed by atoms with Crippen LogP contribution in [0.3, 0.4) is 0 Å². The zero-order valence-electron chi connectivity index (χ0n) is 13.3. The Hall–Kier alpha value is -2.09. The van der Waals surface area contributed by atoms with Crippen molar-refractivity contribution in [2.75, 3.05) is 11.9 Å². The lowest BCUT2D eigenvalue weighted by atomic mass is 10.3. The van der Waals surface area contributed by atoms with E-state index in [0.717, 1.165) is 30.1 Å². The van der Waals surface area contributed by atoms with Crippen molar-refractivity contribution in [2.24, 2.45) is 0 Å². The van der Waals surface area contributed by atoms with E-state index in [1.54, 1.807) is 22.7 Å². The summed E-state index contributed by atoms with van der Waals surface area (Å²) in [5.41, 5.74) is 0.260. The van der Waals surface area contributed by atoms with Crippen molar-refractivity contribution in [3.8, 4) is 0 Å². The number of halogens is 2. The van der Waals surface area contributed by atoms with Crippen molar-refractivity contribution in [2.45, 2.75) is 13.1 Å². The average molecular weight is 379 g/mol. The van der Waals surface area contributed by atoms with Gasteiger partial charge < -0.3 is 10.2 Å². The summed E-state index contributed by atoms with van der Waals surface area (Å²) in [5, 5.41) is 6.67. The third-order valence-corrected chi connectivity index (χ3v) is 5.38. The highest BCUT2D eigenvalue weighted by atomic mass is 32.1. The van der Waals surface area contributed by atoms with Crippen LogP contribution < -0.4 is 10.2 Å². The molecule has 0 aliphatic carbocycles. The number of rotatable bonds is 7. The van der Waals surface area contributed by atoms with Crippen LogP contribution in [0.15, 0.2) is 53.2 Å². The number of thiophene rings is 2. The van der Waals surface area contributed by atoms with Gasteiger partial charge in [-0.15, -0.1) is 22.7 Å². The van der Waals surface area contributed by atoms with E-state index in [2.05, 4.69) is 5.32 Å². The maximum atomic E-state index is 13.3. The number of amides is 1. The fraction of sp³-hybridized carbons (Fsp3) is 0.167. The van der Waals surface area contributed by atoms with Crippen LogP contribution in [-0.2, 0) is 17.9 Å². The van der Waals surface area contributed by atoms with Crippen molar-refractivity contribution in [1.29, 1.82) is 0 Å². The normalized spacial score (nSPS) is 11.0. The first kappa shape index (κ1) is 17.7. The van der Waals surface area contributed by atoms with Gasteiger partial charge in [-0.2, -0.15) is 0 Å². The Kier molecular flexibility index (Phi) is 5.91. The molecule has 0 aliphatic rings. The number of hydrogen-bond acceptors (Lipinski definition) is 3. The second kappa shape index (κ2) is 8.33. The van der Waals surface area contributed by atoms with Gasteiger partial charge in [0.2, 0.25) is 0 Å². The predicted molar refractivity (Wildman–Crippen MR) is 96.9 cm³/mol. The number of nitrogens with one attached hydrogen (secondary N) is 2. The van der Waals surface area contributed by atoms with Crippen molar-refractivity contribution >= 4 is 34.3 Å². The zero-order valence-corrected chi connectivity index (χ0v) is 14.9. The number of carbonyl (C=O) groups is 1. The molecule has 0 aliphatic heterocycles. The summed E-state index contributed by atoms with van der Waals surface area (Å²) >= 11 is 3.32. The van der Waals surface area contributed by atoms with Gasteiger partial charge in [0.25, 0.3) is 5.91 Å². The van der Waals surface area contributed by atoms with E-state index in [4.69, 9.17) is 0 Å². The lowest BCUT2D eigenvalue weighted by Crippen LogP contribution is -3.10. The monoisotopic (exact) mass is 379 g/mol. The van der Waals surface area contributed by atoms with Crippen LogP contribution in [0.2, 0.25) is 0 Å². The lowest BCUT2D eigenvalue weighted by molar-refractivity contribution is -0.918. The molecule has 2 aromatic heterocycles. The summed E-state index contributed by atoms with van der Waals surface area (Å²) in [6.45, 7) is 1.72. The molecule has 3 rings (SSSR count). The van der Waals surface area contributed by atoms with E-state index in [0.29, 0.717) is 0 Å². The van der Waals surface area contributed by atoms with Crippen molar-refractivity contribution in [3.05, 3.63) is 74.6 Å². The van der Waals surface area contributed by atoms with E-state index in [1.807, 2.05) is 35.0 Å². The highest BCUT2D eigenvalue weighted by molar-refractivity contribution is 7.10. The summed E-state index contributed by atoms with van der Waals surface area (Å²) in [6, 6.07) is 11.4. The molecule has 0 saturated heterocycles. The number of hydrogen-bond donors (Lipinski definition) is 2. The topological polar surface area (TPSA) is 33.5 Å². The summed E-state index contributed by atoms with van der Waals surface area (Å²) in [6.07, 6.45) is 0. The number of benzene rings is 1. The van der Waals surface area contributed by atoms with Crippen LogP contribution >= 0.6 is 22.7 Å². The molecule has 0 saturated carbocycles. The van der Waals surface area contributed by atoms with Gasteiger partial charge in [-0.25, -0.2) is 8.78 Å². The molecule has 130 valence electrons. The highest BCUT2D eigenvalue weighted by Gasteiger charge is 2.17. The standard InChI is InChI=1S/C18H16F2N2OS2/c19-16-6-5-13(9-17(16)20)21-18(23)12-22(10-14-3-1-7-24-14)11-15-4-2-8-25-15/h1-9H,10-12H2,(H,21,23)/p+1. The number of anilines is 1. The van der Waals surface area contributed by atoms with Crippen molar-refractivity contribution < 1.29 is 18.5 Å². The van der Waals surface area contributed by atoms with E-state index >= 15 is 0 Å². The van der Waals surface area contributed by atoms with Crippen molar-refractivity contribution in [1.82, 2.24) is 0 Å². The van der Waals surface area contributed by atoms with Gasteiger partial charge in [-0.05, 0) is 35.0 Å². The molecule has 0 spiro atoms. The molecule has 7 heteroatoms. The zero-order chi connectivity index (χ0) is 17.6. The van der Waals surface area contributed by atoms with Crippen LogP contribution in [0, 0.1) is 11.6 Å². The third-order valence-electron chi connectivity index (χ3n) is 3.62. The largest absolute Gasteiger partial charge is 0.321 e. The Morgan fingerprint density at radius 1 is 0.960 bits per heavy atom. The van der Waals surface area contributed by atoms with Gasteiger partial charge in [-0.3, -0.25) is 4.79 Å². The van der Waals surface area contributed by atoms with E-state index in [1.165, 1.54) is 15.8 Å². The Morgan fingerprint density at radius 2 is 1.60 bits per heavy atom. The van der Waals surface area contributed by atoms with Gasteiger partial charge in [0.1, 0.15) is 13.1 Å². The summed E-state index contributed by atoms with van der Waals surface area (Å²) in [7, 11) is 0. The fourth-order valence-electron chi connectivity index (χ4n) is 2.51. The van der Waals surface area contributed by atoms with Gasteiger partial charge in [0.15, 0.2) is 18.2 Å². The first-order valence-corrected chi connectivity index (χ1v) is 9.49. The van der Waals surface area contributed by atoms with Gasteiger partial charge >= 0.3 is 0 Å². The maximum absolute atomic E-state index is 13.3. The van der Waals surface area contributed by atoms with Gasteiger partial charge in [0.05, 0.1) is 9.75 Å². The smallest absolute Gasteiger partial charge is 0.279 e. The van der Waals surface area contributed by atoms with Crippen LogP contribution in [0.1, 0.15) is 9.75 Å². The first-order chi connectivity index (χ1) is 12.1. The van der Waals surface area contributed by atoms with E-state index in [9.17, 15) is 13.6 Å². The van der Waals surface area contributed by atoms with E-state index < -0.39 is 11.6 Å². The average Bonchev–Trinajstić information content (AvgIpc) is 3.25. The Morgan fingerprint density at radius 3 is 2.12 bits per heavy atom. The predicted octanol–water partition coefficient (Wildman–Crippen LogP) is 3.31. The summed E-state index contributed by atoms with van der Waals surface area (Å²) in [5.74, 6) is -2.13. The Bertz CT molecular complexity index is 783. The summed E-state index contributed by atoms with van der Waals surface area (Å²) in [4.78, 5) is 15.8. The molecule has 0 fully saturated rings.